The van der Waals surface area contributed by atoms with Gasteiger partial charge < -0.3 is 5.73 Å². The smallest absolute Gasteiger partial charge is 0.242 e. The van der Waals surface area contributed by atoms with Gasteiger partial charge in [0.2, 0.25) is 5.91 Å². The summed E-state index contributed by atoms with van der Waals surface area (Å²) in [4.78, 5) is 16.7. The summed E-state index contributed by atoms with van der Waals surface area (Å²) in [5, 5.41) is 0. The molecule has 4 nitrogen and oxygen atoms in total. The van der Waals surface area contributed by atoms with Crippen molar-refractivity contribution in [2.45, 2.75) is 33.2 Å². The minimum Gasteiger partial charge on any atom is -0.401 e. The van der Waals surface area contributed by atoms with E-state index in [-0.39, 0.29) is 5.91 Å². The van der Waals surface area contributed by atoms with E-state index in [1.165, 1.54) is 6.92 Å². The van der Waals surface area contributed by atoms with E-state index < -0.39 is 0 Å². The zero-order valence-corrected chi connectivity index (χ0v) is 9.66. The van der Waals surface area contributed by atoms with Crippen LogP contribution in [0.2, 0.25) is 0 Å². The Bertz CT molecular complexity index is 305. The minimum atomic E-state index is -0.179. The molecule has 0 radical (unpaired) electrons. The van der Waals surface area contributed by atoms with E-state index >= 15 is 0 Å². The SMILES string of the molecule is CC(=O)N=CC1=C(N)CN(C(C)C)CC1. The number of hydrogen-bond donors (Lipinski definition) is 1. The average molecular weight is 209 g/mol. The standard InChI is InChI=1S/C11H19N3O/c1-8(2)14-5-4-10(11(12)7-14)6-13-9(3)15/h6,8H,4-5,7,12H2,1-3H3. The van der Waals surface area contributed by atoms with Crippen LogP contribution in [-0.4, -0.2) is 36.2 Å². The van der Waals surface area contributed by atoms with Gasteiger partial charge in [-0.05, 0) is 25.8 Å². The van der Waals surface area contributed by atoms with Crippen molar-refractivity contribution >= 4 is 12.1 Å². The number of nitrogens with zero attached hydrogens (tertiary/aromatic N) is 2. The minimum absolute atomic E-state index is 0.179. The molecule has 84 valence electrons. The molecule has 1 amide bonds. The third-order valence-corrected chi connectivity index (χ3v) is 2.59. The molecule has 1 rings (SSSR count). The molecular formula is C11H19N3O. The van der Waals surface area contributed by atoms with Crippen LogP contribution in [0.1, 0.15) is 27.2 Å². The molecule has 0 unspecified atom stereocenters. The van der Waals surface area contributed by atoms with Gasteiger partial charge in [0.1, 0.15) is 0 Å². The van der Waals surface area contributed by atoms with Gasteiger partial charge in [-0.1, -0.05) is 0 Å². The lowest BCUT2D eigenvalue weighted by atomic mass is 10.1. The van der Waals surface area contributed by atoms with E-state index in [2.05, 4.69) is 23.7 Å². The Morgan fingerprint density at radius 3 is 2.73 bits per heavy atom. The van der Waals surface area contributed by atoms with Crippen molar-refractivity contribution in [2.75, 3.05) is 13.1 Å². The van der Waals surface area contributed by atoms with Gasteiger partial charge in [0.15, 0.2) is 0 Å². The van der Waals surface area contributed by atoms with Gasteiger partial charge in [0.05, 0.1) is 0 Å². The van der Waals surface area contributed by atoms with Crippen molar-refractivity contribution in [3.8, 4) is 0 Å². The number of nitrogens with two attached hydrogens (primary N) is 1. The lowest BCUT2D eigenvalue weighted by Gasteiger charge is -2.31. The number of amides is 1. The van der Waals surface area contributed by atoms with Gasteiger partial charge in [-0.3, -0.25) is 9.69 Å². The Balaban J connectivity index is 2.68. The van der Waals surface area contributed by atoms with Crippen molar-refractivity contribution < 1.29 is 4.79 Å². The second-order valence-electron chi connectivity index (χ2n) is 4.14. The molecular weight excluding hydrogens is 190 g/mol. The van der Waals surface area contributed by atoms with E-state index in [1.54, 1.807) is 6.21 Å². The Kier molecular flexibility index (Phi) is 4.03. The Hall–Kier alpha value is -1.16. The summed E-state index contributed by atoms with van der Waals surface area (Å²) in [6, 6.07) is 0.509. The Morgan fingerprint density at radius 1 is 1.60 bits per heavy atom. The molecule has 1 aliphatic heterocycles. The maximum absolute atomic E-state index is 10.7. The molecule has 1 aliphatic rings. The van der Waals surface area contributed by atoms with Crippen LogP contribution >= 0.6 is 0 Å². The number of aliphatic imine (C=N–C) groups is 1. The Labute approximate surface area is 90.8 Å². The van der Waals surface area contributed by atoms with Crippen LogP contribution in [0.4, 0.5) is 0 Å². The monoisotopic (exact) mass is 209 g/mol. The van der Waals surface area contributed by atoms with Crippen LogP contribution in [-0.2, 0) is 4.79 Å². The molecule has 0 aromatic rings. The summed E-state index contributed by atoms with van der Waals surface area (Å²) in [7, 11) is 0. The fraction of sp³-hybridized carbons (Fsp3) is 0.636. The fourth-order valence-electron chi connectivity index (χ4n) is 1.58. The number of hydrogen-bond acceptors (Lipinski definition) is 3. The molecule has 0 aliphatic carbocycles. The normalized spacial score (nSPS) is 19.2. The molecule has 0 fully saturated rings. The molecule has 0 aromatic carbocycles. The summed E-state index contributed by atoms with van der Waals surface area (Å²) < 4.78 is 0. The Morgan fingerprint density at radius 2 is 2.27 bits per heavy atom. The summed E-state index contributed by atoms with van der Waals surface area (Å²) in [6.45, 7) is 7.51. The molecule has 0 spiro atoms. The fourth-order valence-corrected chi connectivity index (χ4v) is 1.58. The molecule has 0 aromatic heterocycles. The third kappa shape index (κ3) is 3.47. The lowest BCUT2D eigenvalue weighted by Crippen LogP contribution is -2.39. The largest absolute Gasteiger partial charge is 0.401 e. The molecule has 15 heavy (non-hydrogen) atoms. The third-order valence-electron chi connectivity index (χ3n) is 2.59. The summed E-state index contributed by atoms with van der Waals surface area (Å²) in [6.07, 6.45) is 2.48. The second-order valence-corrected chi connectivity index (χ2v) is 4.14. The first-order valence-electron chi connectivity index (χ1n) is 5.27. The molecule has 0 saturated carbocycles. The number of rotatable bonds is 2. The average Bonchev–Trinajstić information content (AvgIpc) is 2.15. The summed E-state index contributed by atoms with van der Waals surface area (Å²) in [5.74, 6) is -0.179. The highest BCUT2D eigenvalue weighted by atomic mass is 16.1. The number of carbonyl (C=O) groups excluding carboxylic acids is 1. The van der Waals surface area contributed by atoms with Gasteiger partial charge in [0, 0.05) is 38.0 Å². The quantitative estimate of drug-likeness (QED) is 0.688. The zero-order valence-electron chi connectivity index (χ0n) is 9.66. The first-order valence-corrected chi connectivity index (χ1v) is 5.27. The van der Waals surface area contributed by atoms with Crippen LogP contribution in [0.15, 0.2) is 16.3 Å². The highest BCUT2D eigenvalue weighted by molar-refractivity contribution is 5.90. The maximum Gasteiger partial charge on any atom is 0.242 e. The highest BCUT2D eigenvalue weighted by Gasteiger charge is 2.17. The summed E-state index contributed by atoms with van der Waals surface area (Å²) >= 11 is 0. The lowest BCUT2D eigenvalue weighted by molar-refractivity contribution is -0.115. The van der Waals surface area contributed by atoms with Crippen LogP contribution < -0.4 is 5.73 Å². The van der Waals surface area contributed by atoms with Crippen molar-refractivity contribution in [3.63, 3.8) is 0 Å². The van der Waals surface area contributed by atoms with Crippen molar-refractivity contribution in [1.29, 1.82) is 0 Å². The van der Waals surface area contributed by atoms with Crippen LogP contribution in [0.3, 0.4) is 0 Å². The predicted molar refractivity (Wildman–Crippen MR) is 61.7 cm³/mol. The molecule has 2 N–H and O–H groups in total. The van der Waals surface area contributed by atoms with E-state index in [0.29, 0.717) is 6.04 Å². The topological polar surface area (TPSA) is 58.7 Å². The predicted octanol–water partition coefficient (Wildman–Crippen LogP) is 0.931. The van der Waals surface area contributed by atoms with E-state index in [1.807, 2.05) is 0 Å². The molecule has 0 saturated heterocycles. The van der Waals surface area contributed by atoms with Gasteiger partial charge >= 0.3 is 0 Å². The zero-order chi connectivity index (χ0) is 11.4. The second kappa shape index (κ2) is 5.07. The number of carbonyl (C=O) groups is 1. The molecule has 4 heteroatoms. The maximum atomic E-state index is 10.7. The van der Waals surface area contributed by atoms with Crippen molar-refractivity contribution in [1.82, 2.24) is 4.90 Å². The van der Waals surface area contributed by atoms with Gasteiger partial charge in [-0.15, -0.1) is 0 Å². The van der Waals surface area contributed by atoms with E-state index in [4.69, 9.17) is 5.73 Å². The first-order chi connectivity index (χ1) is 7.00. The molecule has 0 bridgehead atoms. The molecule has 1 heterocycles. The van der Waals surface area contributed by atoms with Gasteiger partial charge in [0.25, 0.3) is 0 Å². The van der Waals surface area contributed by atoms with Crippen molar-refractivity contribution in [3.05, 3.63) is 11.3 Å². The van der Waals surface area contributed by atoms with Gasteiger partial charge in [-0.25, -0.2) is 4.99 Å². The van der Waals surface area contributed by atoms with Crippen LogP contribution in [0, 0.1) is 0 Å². The van der Waals surface area contributed by atoms with Gasteiger partial charge in [-0.2, -0.15) is 0 Å². The van der Waals surface area contributed by atoms with E-state index in [0.717, 1.165) is 30.8 Å². The van der Waals surface area contributed by atoms with Crippen molar-refractivity contribution in [2.24, 2.45) is 10.7 Å². The van der Waals surface area contributed by atoms with E-state index in [9.17, 15) is 4.79 Å². The first kappa shape index (κ1) is 11.9. The molecule has 0 atom stereocenters. The van der Waals surface area contributed by atoms with Crippen LogP contribution in [0.5, 0.6) is 0 Å². The summed E-state index contributed by atoms with van der Waals surface area (Å²) in [5.41, 5.74) is 7.76. The van der Waals surface area contributed by atoms with Crippen LogP contribution in [0.25, 0.3) is 0 Å². The highest BCUT2D eigenvalue weighted by Crippen LogP contribution is 2.14.